The van der Waals surface area contributed by atoms with Gasteiger partial charge in [0.2, 0.25) is 5.91 Å². The highest BCUT2D eigenvalue weighted by atomic mass is 16.4. The van der Waals surface area contributed by atoms with Crippen LogP contribution in [-0.4, -0.2) is 53.1 Å². The van der Waals surface area contributed by atoms with E-state index in [1.807, 2.05) is 0 Å². The van der Waals surface area contributed by atoms with Crippen molar-refractivity contribution >= 4 is 29.4 Å². The Labute approximate surface area is 137 Å². The van der Waals surface area contributed by atoms with Crippen LogP contribution in [0.25, 0.3) is 0 Å². The summed E-state index contributed by atoms with van der Waals surface area (Å²) >= 11 is 0. The first kappa shape index (κ1) is 18.9. The van der Waals surface area contributed by atoms with Crippen LogP contribution in [0, 0.1) is 0 Å². The van der Waals surface area contributed by atoms with Gasteiger partial charge >= 0.3 is 5.97 Å². The number of nitrogens with two attached hydrogens (primary N) is 2. The molecule has 0 aliphatic rings. The lowest BCUT2D eigenvalue weighted by molar-refractivity contribution is -0.138. The Kier molecular flexibility index (Phi) is 7.17. The van der Waals surface area contributed by atoms with E-state index >= 15 is 0 Å². The molecule has 1 unspecified atom stereocenters. The fourth-order valence-corrected chi connectivity index (χ4v) is 1.78. The van der Waals surface area contributed by atoms with E-state index in [-0.39, 0.29) is 18.1 Å². The standard InChI is InChI=1S/C14H19N5O5/c15-14(16)19-9-3-1-2-8(4-9)13(24)17-6-11(21)18-10(7-20)5-12(22)23/h1-4,10,20H,5-7H2,(H,17,24)(H,18,21)(H,22,23)(H4,15,16,19). The van der Waals surface area contributed by atoms with Crippen molar-refractivity contribution < 1.29 is 24.6 Å². The Morgan fingerprint density at radius 1 is 1.25 bits per heavy atom. The molecule has 0 aliphatic carbocycles. The van der Waals surface area contributed by atoms with Gasteiger partial charge in [0.05, 0.1) is 31.3 Å². The number of aliphatic hydroxyl groups is 1. The average molecular weight is 337 g/mol. The number of benzene rings is 1. The van der Waals surface area contributed by atoms with E-state index in [0.29, 0.717) is 5.69 Å². The second kappa shape index (κ2) is 9.10. The lowest BCUT2D eigenvalue weighted by Crippen LogP contribution is -2.44. The summed E-state index contributed by atoms with van der Waals surface area (Å²) in [6, 6.07) is 5.21. The molecule has 10 heteroatoms. The van der Waals surface area contributed by atoms with Crippen molar-refractivity contribution in [1.29, 1.82) is 0 Å². The van der Waals surface area contributed by atoms with Gasteiger partial charge in [0.15, 0.2) is 5.96 Å². The summed E-state index contributed by atoms with van der Waals surface area (Å²) < 4.78 is 0. The second-order valence-corrected chi connectivity index (χ2v) is 4.81. The number of carbonyl (C=O) groups excluding carboxylic acids is 2. The molecule has 0 spiro atoms. The largest absolute Gasteiger partial charge is 0.481 e. The Morgan fingerprint density at radius 3 is 2.54 bits per heavy atom. The average Bonchev–Trinajstić information content (AvgIpc) is 2.51. The van der Waals surface area contributed by atoms with Crippen molar-refractivity contribution in [3.8, 4) is 0 Å². The Morgan fingerprint density at radius 2 is 1.96 bits per heavy atom. The number of rotatable bonds is 8. The van der Waals surface area contributed by atoms with Crippen LogP contribution >= 0.6 is 0 Å². The van der Waals surface area contributed by atoms with Crippen molar-refractivity contribution in [2.45, 2.75) is 12.5 Å². The molecule has 10 nitrogen and oxygen atoms in total. The maximum atomic E-state index is 12.0. The molecular weight excluding hydrogens is 318 g/mol. The molecule has 1 rings (SSSR count). The van der Waals surface area contributed by atoms with Gasteiger partial charge in [-0.2, -0.15) is 0 Å². The van der Waals surface area contributed by atoms with Crippen molar-refractivity contribution in [1.82, 2.24) is 10.6 Å². The topological polar surface area (TPSA) is 180 Å². The van der Waals surface area contributed by atoms with Crippen LogP contribution in [0.1, 0.15) is 16.8 Å². The number of hydrogen-bond donors (Lipinski definition) is 6. The summed E-state index contributed by atoms with van der Waals surface area (Å²) in [6.07, 6.45) is -0.420. The molecular formula is C14H19N5O5. The molecule has 1 atom stereocenters. The smallest absolute Gasteiger partial charge is 0.305 e. The molecule has 24 heavy (non-hydrogen) atoms. The Balaban J connectivity index is 2.58. The Bertz CT molecular complexity index is 642. The van der Waals surface area contributed by atoms with Gasteiger partial charge in [-0.3, -0.25) is 14.4 Å². The molecule has 0 radical (unpaired) electrons. The van der Waals surface area contributed by atoms with Gasteiger partial charge in [0, 0.05) is 5.56 Å². The maximum Gasteiger partial charge on any atom is 0.305 e. The zero-order valence-corrected chi connectivity index (χ0v) is 12.7. The van der Waals surface area contributed by atoms with Gasteiger partial charge in [-0.1, -0.05) is 6.07 Å². The highest BCUT2D eigenvalue weighted by Gasteiger charge is 2.15. The van der Waals surface area contributed by atoms with Crippen LogP contribution in [0.15, 0.2) is 29.3 Å². The number of carboxylic acid groups (broad SMARTS) is 1. The number of carboxylic acids is 1. The normalized spacial score (nSPS) is 11.2. The summed E-state index contributed by atoms with van der Waals surface area (Å²) in [4.78, 5) is 38.0. The molecule has 2 amide bonds. The first-order valence-electron chi connectivity index (χ1n) is 6.91. The zero-order valence-electron chi connectivity index (χ0n) is 12.7. The van der Waals surface area contributed by atoms with Gasteiger partial charge in [0.1, 0.15) is 0 Å². The molecule has 0 heterocycles. The van der Waals surface area contributed by atoms with E-state index in [4.69, 9.17) is 21.7 Å². The third-order valence-corrected chi connectivity index (χ3v) is 2.78. The van der Waals surface area contributed by atoms with Crippen LogP contribution in [0.2, 0.25) is 0 Å². The van der Waals surface area contributed by atoms with E-state index < -0.39 is 36.9 Å². The van der Waals surface area contributed by atoms with E-state index in [9.17, 15) is 14.4 Å². The van der Waals surface area contributed by atoms with Crippen LogP contribution in [0.3, 0.4) is 0 Å². The second-order valence-electron chi connectivity index (χ2n) is 4.81. The van der Waals surface area contributed by atoms with E-state index in [1.165, 1.54) is 12.1 Å². The van der Waals surface area contributed by atoms with E-state index in [1.54, 1.807) is 12.1 Å². The van der Waals surface area contributed by atoms with Gasteiger partial charge < -0.3 is 32.3 Å². The minimum Gasteiger partial charge on any atom is -0.481 e. The molecule has 0 bridgehead atoms. The molecule has 0 saturated heterocycles. The molecule has 1 aromatic carbocycles. The molecule has 8 N–H and O–H groups in total. The van der Waals surface area contributed by atoms with Crippen molar-refractivity contribution in [3.63, 3.8) is 0 Å². The minimum atomic E-state index is -1.16. The number of carbonyl (C=O) groups is 3. The molecule has 0 aromatic heterocycles. The molecule has 0 aliphatic heterocycles. The summed E-state index contributed by atoms with van der Waals surface area (Å²) in [6.45, 7) is -0.895. The molecule has 0 saturated carbocycles. The fraction of sp³-hybridized carbons (Fsp3) is 0.286. The van der Waals surface area contributed by atoms with Gasteiger partial charge in [-0.05, 0) is 18.2 Å². The molecule has 1 aromatic rings. The first-order valence-corrected chi connectivity index (χ1v) is 6.91. The number of nitrogens with one attached hydrogen (secondary N) is 2. The van der Waals surface area contributed by atoms with E-state index in [2.05, 4.69) is 15.6 Å². The highest BCUT2D eigenvalue weighted by Crippen LogP contribution is 2.13. The summed E-state index contributed by atoms with van der Waals surface area (Å²) in [5.41, 5.74) is 11.1. The Hall–Kier alpha value is -3.14. The fourth-order valence-electron chi connectivity index (χ4n) is 1.78. The summed E-state index contributed by atoms with van der Waals surface area (Å²) in [7, 11) is 0. The minimum absolute atomic E-state index is 0.152. The van der Waals surface area contributed by atoms with Crippen molar-refractivity contribution in [2.75, 3.05) is 13.2 Å². The lowest BCUT2D eigenvalue weighted by Gasteiger charge is -2.14. The van der Waals surface area contributed by atoms with Crippen LogP contribution in [0.4, 0.5) is 5.69 Å². The first-order chi connectivity index (χ1) is 11.3. The van der Waals surface area contributed by atoms with Gasteiger partial charge in [-0.15, -0.1) is 0 Å². The number of amides is 2. The van der Waals surface area contributed by atoms with Crippen LogP contribution in [0.5, 0.6) is 0 Å². The number of aliphatic imine (C=N–C) groups is 1. The number of guanidine groups is 1. The predicted molar refractivity (Wildman–Crippen MR) is 85.5 cm³/mol. The third kappa shape index (κ3) is 6.75. The molecule has 130 valence electrons. The van der Waals surface area contributed by atoms with Crippen molar-refractivity contribution in [3.05, 3.63) is 29.8 Å². The van der Waals surface area contributed by atoms with Crippen LogP contribution < -0.4 is 22.1 Å². The SMILES string of the molecule is NC(N)=Nc1cccc(C(=O)NCC(=O)NC(CO)CC(=O)O)c1. The summed E-state index contributed by atoms with van der Waals surface area (Å²) in [5, 5.41) is 22.3. The number of aliphatic carboxylic acids is 1. The van der Waals surface area contributed by atoms with Gasteiger partial charge in [-0.25, -0.2) is 4.99 Å². The lowest BCUT2D eigenvalue weighted by atomic mass is 10.2. The summed E-state index contributed by atoms with van der Waals surface area (Å²) in [5.74, 6) is -2.46. The zero-order chi connectivity index (χ0) is 18.1. The number of hydrogen-bond acceptors (Lipinski definition) is 5. The maximum absolute atomic E-state index is 12.0. The number of nitrogens with zero attached hydrogens (tertiary/aromatic N) is 1. The molecule has 0 fully saturated rings. The monoisotopic (exact) mass is 337 g/mol. The quantitative estimate of drug-likeness (QED) is 0.241. The third-order valence-electron chi connectivity index (χ3n) is 2.78. The predicted octanol–water partition coefficient (Wildman–Crippen LogP) is -1.73. The van der Waals surface area contributed by atoms with E-state index in [0.717, 1.165) is 0 Å². The van der Waals surface area contributed by atoms with Crippen molar-refractivity contribution in [2.24, 2.45) is 16.5 Å². The van der Waals surface area contributed by atoms with Gasteiger partial charge in [0.25, 0.3) is 5.91 Å². The number of aliphatic hydroxyl groups excluding tert-OH is 1. The highest BCUT2D eigenvalue weighted by molar-refractivity contribution is 5.97. The van der Waals surface area contributed by atoms with Crippen LogP contribution in [-0.2, 0) is 9.59 Å².